The summed E-state index contributed by atoms with van der Waals surface area (Å²) in [7, 11) is 0. The Hall–Kier alpha value is -1.11. The van der Waals surface area contributed by atoms with E-state index in [1.807, 2.05) is 18.5 Å². The third-order valence-corrected chi connectivity index (χ3v) is 3.01. The van der Waals surface area contributed by atoms with Gasteiger partial charge in [0.1, 0.15) is 0 Å². The Balaban J connectivity index is 3.24. The quantitative estimate of drug-likeness (QED) is 0.713. The van der Waals surface area contributed by atoms with Gasteiger partial charge in [-0.1, -0.05) is 32.4 Å². The van der Waals surface area contributed by atoms with E-state index in [1.54, 1.807) is 0 Å². The lowest BCUT2D eigenvalue weighted by atomic mass is 9.76. The molecule has 1 nitrogen and oxygen atoms in total. The minimum Gasteiger partial charge on any atom is -0.264 e. The van der Waals surface area contributed by atoms with Gasteiger partial charge in [-0.05, 0) is 42.9 Å². The van der Waals surface area contributed by atoms with E-state index in [1.165, 1.54) is 16.7 Å². The number of aromatic nitrogens is 1. The fraction of sp³-hybridized carbons (Fsp3) is 0.500. The van der Waals surface area contributed by atoms with E-state index in [0.29, 0.717) is 0 Å². The molecule has 1 rings (SSSR count). The van der Waals surface area contributed by atoms with E-state index in [-0.39, 0.29) is 5.41 Å². The Labute approximate surface area is 93.2 Å². The van der Waals surface area contributed by atoms with Crippen LogP contribution in [0.15, 0.2) is 30.1 Å². The van der Waals surface area contributed by atoms with E-state index in [9.17, 15) is 0 Å². The molecular formula is C14H21N. The first kappa shape index (κ1) is 12.0. The van der Waals surface area contributed by atoms with E-state index in [4.69, 9.17) is 0 Å². The van der Waals surface area contributed by atoms with Crippen molar-refractivity contribution in [3.8, 4) is 0 Å². The summed E-state index contributed by atoms with van der Waals surface area (Å²) in [6.45, 7) is 11.2. The normalized spacial score (nSPS) is 11.3. The average Bonchev–Trinajstić information content (AvgIpc) is 2.18. The number of hydrogen-bond acceptors (Lipinski definition) is 1. The van der Waals surface area contributed by atoms with Crippen molar-refractivity contribution in [2.45, 2.75) is 41.0 Å². The Morgan fingerprint density at radius 3 is 2.40 bits per heavy atom. The summed E-state index contributed by atoms with van der Waals surface area (Å²) in [5, 5.41) is 0. The zero-order valence-corrected chi connectivity index (χ0v) is 10.5. The molecule has 0 aliphatic heterocycles. The van der Waals surface area contributed by atoms with Crippen LogP contribution in [0.25, 0.3) is 5.57 Å². The van der Waals surface area contributed by atoms with Gasteiger partial charge >= 0.3 is 0 Å². The van der Waals surface area contributed by atoms with Gasteiger partial charge in [0, 0.05) is 12.4 Å². The standard InChI is InChI=1S/C14H21N/c1-6-14(4,5)13(11(2)3)12-8-7-9-15-10-12/h7-10H,6H2,1-5H3. The molecule has 0 spiro atoms. The molecule has 0 atom stereocenters. The summed E-state index contributed by atoms with van der Waals surface area (Å²) in [4.78, 5) is 4.20. The van der Waals surface area contributed by atoms with Crippen molar-refractivity contribution < 1.29 is 0 Å². The minimum absolute atomic E-state index is 0.224. The van der Waals surface area contributed by atoms with E-state index >= 15 is 0 Å². The summed E-state index contributed by atoms with van der Waals surface area (Å²) in [6, 6.07) is 4.15. The maximum atomic E-state index is 4.20. The maximum absolute atomic E-state index is 4.20. The fourth-order valence-electron chi connectivity index (χ4n) is 2.04. The number of pyridine rings is 1. The Morgan fingerprint density at radius 1 is 1.33 bits per heavy atom. The molecule has 82 valence electrons. The lowest BCUT2D eigenvalue weighted by Crippen LogP contribution is -2.13. The zero-order valence-electron chi connectivity index (χ0n) is 10.5. The molecule has 0 aromatic carbocycles. The first-order valence-electron chi connectivity index (χ1n) is 5.57. The second-order valence-corrected chi connectivity index (χ2v) is 4.85. The van der Waals surface area contributed by atoms with Gasteiger partial charge in [0.25, 0.3) is 0 Å². The van der Waals surface area contributed by atoms with Gasteiger partial charge in [0.05, 0.1) is 0 Å². The molecule has 0 bridgehead atoms. The Bertz CT molecular complexity index is 343. The van der Waals surface area contributed by atoms with Crippen molar-refractivity contribution >= 4 is 5.57 Å². The van der Waals surface area contributed by atoms with Crippen molar-refractivity contribution in [2.75, 3.05) is 0 Å². The molecule has 1 aromatic rings. The average molecular weight is 203 g/mol. The molecule has 0 fully saturated rings. The number of hydrogen-bond donors (Lipinski definition) is 0. The molecule has 0 saturated heterocycles. The summed E-state index contributed by atoms with van der Waals surface area (Å²) < 4.78 is 0. The van der Waals surface area contributed by atoms with Gasteiger partial charge in [-0.3, -0.25) is 4.98 Å². The van der Waals surface area contributed by atoms with Crippen LogP contribution in [0.2, 0.25) is 0 Å². The monoisotopic (exact) mass is 203 g/mol. The molecule has 0 aliphatic carbocycles. The van der Waals surface area contributed by atoms with Gasteiger partial charge in [-0.2, -0.15) is 0 Å². The van der Waals surface area contributed by atoms with E-state index in [2.05, 4.69) is 45.7 Å². The molecule has 0 unspecified atom stereocenters. The Morgan fingerprint density at radius 2 is 2.00 bits per heavy atom. The van der Waals surface area contributed by atoms with Crippen LogP contribution in [-0.4, -0.2) is 4.98 Å². The summed E-state index contributed by atoms with van der Waals surface area (Å²) in [5.41, 5.74) is 4.29. The first-order chi connectivity index (χ1) is 6.99. The van der Waals surface area contributed by atoms with Crippen LogP contribution in [0.3, 0.4) is 0 Å². The second-order valence-electron chi connectivity index (χ2n) is 4.85. The van der Waals surface area contributed by atoms with Crippen LogP contribution in [0.4, 0.5) is 0 Å². The highest BCUT2D eigenvalue weighted by Crippen LogP contribution is 2.39. The third kappa shape index (κ3) is 2.68. The number of rotatable bonds is 3. The molecular weight excluding hydrogens is 182 g/mol. The lowest BCUT2D eigenvalue weighted by Gasteiger charge is -2.28. The Kier molecular flexibility index (Phi) is 3.67. The zero-order chi connectivity index (χ0) is 11.5. The van der Waals surface area contributed by atoms with Gasteiger partial charge in [0.2, 0.25) is 0 Å². The predicted octanol–water partition coefficient (Wildman–Crippen LogP) is 4.31. The molecule has 0 saturated carbocycles. The van der Waals surface area contributed by atoms with Crippen molar-refractivity contribution in [3.63, 3.8) is 0 Å². The topological polar surface area (TPSA) is 12.9 Å². The van der Waals surface area contributed by atoms with Gasteiger partial charge < -0.3 is 0 Å². The SMILES string of the molecule is CCC(C)(C)C(=C(C)C)c1cccnc1. The molecule has 0 radical (unpaired) electrons. The molecule has 0 amide bonds. The second kappa shape index (κ2) is 4.61. The van der Waals surface area contributed by atoms with Crippen LogP contribution < -0.4 is 0 Å². The summed E-state index contributed by atoms with van der Waals surface area (Å²) in [5.74, 6) is 0. The molecule has 0 aliphatic rings. The number of nitrogens with zero attached hydrogens (tertiary/aromatic N) is 1. The van der Waals surface area contributed by atoms with Crippen LogP contribution in [0.1, 0.15) is 46.6 Å². The maximum Gasteiger partial charge on any atom is 0.0343 e. The lowest BCUT2D eigenvalue weighted by molar-refractivity contribution is 0.479. The van der Waals surface area contributed by atoms with Gasteiger partial charge in [0.15, 0.2) is 0 Å². The van der Waals surface area contributed by atoms with Crippen LogP contribution >= 0.6 is 0 Å². The van der Waals surface area contributed by atoms with Crippen molar-refractivity contribution in [3.05, 3.63) is 35.7 Å². The van der Waals surface area contributed by atoms with Gasteiger partial charge in [-0.15, -0.1) is 0 Å². The van der Waals surface area contributed by atoms with Gasteiger partial charge in [-0.25, -0.2) is 0 Å². The predicted molar refractivity (Wildman–Crippen MR) is 66.6 cm³/mol. The summed E-state index contributed by atoms with van der Waals surface area (Å²) >= 11 is 0. The van der Waals surface area contributed by atoms with Crippen LogP contribution in [0, 0.1) is 5.41 Å². The summed E-state index contributed by atoms with van der Waals surface area (Å²) in [6.07, 6.45) is 4.92. The highest BCUT2D eigenvalue weighted by atomic mass is 14.6. The molecule has 15 heavy (non-hydrogen) atoms. The highest BCUT2D eigenvalue weighted by Gasteiger charge is 2.23. The highest BCUT2D eigenvalue weighted by molar-refractivity contribution is 5.71. The first-order valence-corrected chi connectivity index (χ1v) is 5.57. The van der Waals surface area contributed by atoms with Crippen molar-refractivity contribution in [1.82, 2.24) is 4.98 Å². The van der Waals surface area contributed by atoms with E-state index < -0.39 is 0 Å². The molecule has 1 heterocycles. The largest absolute Gasteiger partial charge is 0.264 e. The third-order valence-electron chi connectivity index (χ3n) is 3.01. The molecule has 0 N–H and O–H groups in total. The fourth-order valence-corrected chi connectivity index (χ4v) is 2.04. The van der Waals surface area contributed by atoms with E-state index in [0.717, 1.165) is 6.42 Å². The minimum atomic E-state index is 0.224. The van der Waals surface area contributed by atoms with Crippen LogP contribution in [-0.2, 0) is 0 Å². The smallest absolute Gasteiger partial charge is 0.0343 e. The van der Waals surface area contributed by atoms with Crippen LogP contribution in [0.5, 0.6) is 0 Å². The molecule has 1 heteroatoms. The van der Waals surface area contributed by atoms with Crippen molar-refractivity contribution in [2.24, 2.45) is 5.41 Å². The molecule has 1 aromatic heterocycles. The van der Waals surface area contributed by atoms with Crippen molar-refractivity contribution in [1.29, 1.82) is 0 Å². The number of allylic oxidation sites excluding steroid dienone is 2.